The summed E-state index contributed by atoms with van der Waals surface area (Å²) in [4.78, 5) is 17.1. The van der Waals surface area contributed by atoms with Crippen LogP contribution in [0, 0.1) is 0 Å². The Bertz CT molecular complexity index is 659. The van der Waals surface area contributed by atoms with Crippen LogP contribution in [0.2, 0.25) is 0 Å². The van der Waals surface area contributed by atoms with Gasteiger partial charge in [-0.3, -0.25) is 4.79 Å². The van der Waals surface area contributed by atoms with Crippen molar-refractivity contribution < 1.29 is 9.63 Å². The zero-order valence-electron chi connectivity index (χ0n) is 9.88. The third-order valence-electron chi connectivity index (χ3n) is 3.04. The molecule has 2 aromatic rings. The zero-order valence-corrected chi connectivity index (χ0v) is 9.88. The molecule has 0 bridgehead atoms. The Morgan fingerprint density at radius 3 is 1.94 bits per heavy atom. The van der Waals surface area contributed by atoms with Gasteiger partial charge in [0.15, 0.2) is 5.71 Å². The van der Waals surface area contributed by atoms with Crippen LogP contribution >= 0.6 is 0 Å². The first-order chi connectivity index (χ1) is 8.83. The molecule has 0 aromatic heterocycles. The summed E-state index contributed by atoms with van der Waals surface area (Å²) < 4.78 is 0. The highest BCUT2D eigenvalue weighted by Gasteiger charge is 2.28. The molecule has 0 fully saturated rings. The molecule has 18 heavy (non-hydrogen) atoms. The SMILES string of the molecule is CON=C1C(=O)c2ccccc2-c2ccccc21. The molecule has 3 rings (SSSR count). The summed E-state index contributed by atoms with van der Waals surface area (Å²) in [6.45, 7) is 0. The molecule has 0 amide bonds. The summed E-state index contributed by atoms with van der Waals surface area (Å²) in [7, 11) is 1.45. The topological polar surface area (TPSA) is 38.7 Å². The van der Waals surface area contributed by atoms with Gasteiger partial charge in [-0.2, -0.15) is 0 Å². The van der Waals surface area contributed by atoms with Gasteiger partial charge >= 0.3 is 0 Å². The van der Waals surface area contributed by atoms with Crippen LogP contribution in [-0.4, -0.2) is 18.6 Å². The van der Waals surface area contributed by atoms with Crippen LogP contribution in [0.3, 0.4) is 0 Å². The van der Waals surface area contributed by atoms with Crippen molar-refractivity contribution >= 4 is 11.5 Å². The summed E-state index contributed by atoms with van der Waals surface area (Å²) in [5.74, 6) is -0.0915. The molecule has 1 aliphatic rings. The molecule has 0 atom stereocenters. The number of ketones is 1. The lowest BCUT2D eigenvalue weighted by molar-refractivity contribution is 0.105. The van der Waals surface area contributed by atoms with E-state index in [1.165, 1.54) is 7.11 Å². The van der Waals surface area contributed by atoms with Gasteiger partial charge in [-0.1, -0.05) is 53.7 Å². The van der Waals surface area contributed by atoms with Crippen molar-refractivity contribution in [2.45, 2.75) is 0 Å². The van der Waals surface area contributed by atoms with Crippen LogP contribution < -0.4 is 0 Å². The number of hydrogen-bond donors (Lipinski definition) is 0. The van der Waals surface area contributed by atoms with Gasteiger partial charge in [0.25, 0.3) is 0 Å². The summed E-state index contributed by atoms with van der Waals surface area (Å²) in [5, 5.41) is 3.87. The van der Waals surface area contributed by atoms with Gasteiger partial charge in [0, 0.05) is 11.1 Å². The zero-order chi connectivity index (χ0) is 12.5. The number of hydrogen-bond acceptors (Lipinski definition) is 3. The molecule has 0 spiro atoms. The second-order valence-electron chi connectivity index (χ2n) is 4.04. The summed E-state index contributed by atoms with van der Waals surface area (Å²) in [6.07, 6.45) is 0. The maximum Gasteiger partial charge on any atom is 0.216 e. The molecule has 0 radical (unpaired) electrons. The average Bonchev–Trinajstić information content (AvgIpc) is 2.43. The van der Waals surface area contributed by atoms with E-state index in [1.54, 1.807) is 0 Å². The van der Waals surface area contributed by atoms with Gasteiger partial charge < -0.3 is 4.84 Å². The molecule has 0 N–H and O–H groups in total. The second kappa shape index (κ2) is 4.11. The number of Topliss-reactive ketones (excluding diaryl/α,β-unsaturated/α-hetero) is 1. The maximum atomic E-state index is 12.4. The third kappa shape index (κ3) is 1.44. The predicted molar refractivity (Wildman–Crippen MR) is 69.8 cm³/mol. The average molecular weight is 237 g/mol. The van der Waals surface area contributed by atoms with Gasteiger partial charge in [-0.25, -0.2) is 0 Å². The first-order valence-corrected chi connectivity index (χ1v) is 5.67. The smallest absolute Gasteiger partial charge is 0.216 e. The Kier molecular flexibility index (Phi) is 2.45. The Balaban J connectivity index is 2.35. The van der Waals surface area contributed by atoms with Crippen LogP contribution in [0.4, 0.5) is 0 Å². The molecule has 3 heteroatoms. The predicted octanol–water partition coefficient (Wildman–Crippen LogP) is 2.90. The van der Waals surface area contributed by atoms with E-state index >= 15 is 0 Å². The third-order valence-corrected chi connectivity index (χ3v) is 3.04. The van der Waals surface area contributed by atoms with Gasteiger partial charge in [-0.15, -0.1) is 0 Å². The molecule has 0 saturated carbocycles. The number of benzene rings is 2. The van der Waals surface area contributed by atoms with Crippen molar-refractivity contribution in [3.8, 4) is 11.1 Å². The Morgan fingerprint density at radius 2 is 1.33 bits per heavy atom. The molecule has 88 valence electrons. The van der Waals surface area contributed by atoms with Crippen LogP contribution in [0.25, 0.3) is 11.1 Å². The standard InChI is InChI=1S/C15H11NO2/c1-18-16-14-12-8-4-2-6-10(12)11-7-3-5-9-13(11)15(14)17/h2-9H,1H3. The number of fused-ring (bicyclic) bond motifs is 3. The van der Waals surface area contributed by atoms with E-state index in [9.17, 15) is 4.79 Å². The largest absolute Gasteiger partial charge is 0.399 e. The Hall–Kier alpha value is -2.42. The fourth-order valence-corrected chi connectivity index (χ4v) is 2.27. The second-order valence-corrected chi connectivity index (χ2v) is 4.04. The summed E-state index contributed by atoms with van der Waals surface area (Å²) in [5.41, 5.74) is 3.83. The highest BCUT2D eigenvalue weighted by molar-refractivity contribution is 6.54. The summed E-state index contributed by atoms with van der Waals surface area (Å²) >= 11 is 0. The van der Waals surface area contributed by atoms with Gasteiger partial charge in [-0.05, 0) is 11.1 Å². The molecular weight excluding hydrogens is 226 g/mol. The van der Waals surface area contributed by atoms with Gasteiger partial charge in [0.2, 0.25) is 5.78 Å². The lowest BCUT2D eigenvalue weighted by atomic mass is 9.83. The van der Waals surface area contributed by atoms with E-state index in [4.69, 9.17) is 4.84 Å². The van der Waals surface area contributed by atoms with Gasteiger partial charge in [0.05, 0.1) is 0 Å². The van der Waals surface area contributed by atoms with Crippen molar-refractivity contribution in [1.82, 2.24) is 0 Å². The number of carbonyl (C=O) groups excluding carboxylic acids is 1. The highest BCUT2D eigenvalue weighted by Crippen LogP contribution is 2.33. The maximum absolute atomic E-state index is 12.4. The van der Waals surface area contributed by atoms with Crippen molar-refractivity contribution in [3.63, 3.8) is 0 Å². The van der Waals surface area contributed by atoms with Crippen LogP contribution in [0.1, 0.15) is 15.9 Å². The number of oxime groups is 1. The highest BCUT2D eigenvalue weighted by atomic mass is 16.6. The summed E-state index contributed by atoms with van der Waals surface area (Å²) in [6, 6.07) is 15.3. The number of rotatable bonds is 1. The Labute approximate surface area is 105 Å². The fraction of sp³-hybridized carbons (Fsp3) is 0.0667. The first-order valence-electron chi connectivity index (χ1n) is 5.67. The number of carbonyl (C=O) groups is 1. The quantitative estimate of drug-likeness (QED) is 0.715. The normalized spacial score (nSPS) is 15.2. The molecule has 1 aliphatic carbocycles. The molecular formula is C15H11NO2. The van der Waals surface area contributed by atoms with E-state index in [1.807, 2.05) is 48.5 Å². The lowest BCUT2D eigenvalue weighted by Crippen LogP contribution is -2.22. The van der Waals surface area contributed by atoms with E-state index in [2.05, 4.69) is 5.16 Å². The fourth-order valence-electron chi connectivity index (χ4n) is 2.27. The molecule has 0 heterocycles. The van der Waals surface area contributed by atoms with Crippen molar-refractivity contribution in [1.29, 1.82) is 0 Å². The van der Waals surface area contributed by atoms with Crippen molar-refractivity contribution in [3.05, 3.63) is 59.7 Å². The van der Waals surface area contributed by atoms with E-state index in [0.717, 1.165) is 16.7 Å². The van der Waals surface area contributed by atoms with Gasteiger partial charge in [0.1, 0.15) is 7.11 Å². The van der Waals surface area contributed by atoms with Crippen LogP contribution in [0.15, 0.2) is 53.7 Å². The van der Waals surface area contributed by atoms with E-state index in [0.29, 0.717) is 11.3 Å². The van der Waals surface area contributed by atoms with E-state index in [-0.39, 0.29) is 5.78 Å². The Morgan fingerprint density at radius 1 is 0.833 bits per heavy atom. The minimum absolute atomic E-state index is 0.0915. The molecule has 0 saturated heterocycles. The first kappa shape index (κ1) is 10.7. The minimum Gasteiger partial charge on any atom is -0.399 e. The molecule has 0 aliphatic heterocycles. The molecule has 0 unspecified atom stereocenters. The van der Waals surface area contributed by atoms with E-state index < -0.39 is 0 Å². The molecule has 2 aromatic carbocycles. The van der Waals surface area contributed by atoms with Crippen molar-refractivity contribution in [2.75, 3.05) is 7.11 Å². The van der Waals surface area contributed by atoms with Crippen LogP contribution in [-0.2, 0) is 4.84 Å². The monoisotopic (exact) mass is 237 g/mol. The molecule has 3 nitrogen and oxygen atoms in total. The van der Waals surface area contributed by atoms with Crippen molar-refractivity contribution in [2.24, 2.45) is 5.16 Å². The number of nitrogens with zero attached hydrogens (tertiary/aromatic N) is 1. The van der Waals surface area contributed by atoms with Crippen LogP contribution in [0.5, 0.6) is 0 Å². The minimum atomic E-state index is -0.0915. The lowest BCUT2D eigenvalue weighted by Gasteiger charge is -2.19.